The molecule has 0 aliphatic carbocycles. The normalized spacial score (nSPS) is 18.5. The van der Waals surface area contributed by atoms with Gasteiger partial charge in [0.25, 0.3) is 5.56 Å². The number of aromatic nitrogens is 1. The van der Waals surface area contributed by atoms with Crippen LogP contribution in [0.1, 0.15) is 12.8 Å². The number of hydrogen-bond acceptors (Lipinski definition) is 3. The Bertz CT molecular complexity index is 486. The molecule has 1 fully saturated rings. The van der Waals surface area contributed by atoms with Gasteiger partial charge in [0, 0.05) is 29.3 Å². The fraction of sp³-hybridized carbons (Fsp3) is 0.500. The van der Waals surface area contributed by atoms with E-state index in [1.165, 1.54) is 10.6 Å². The predicted octanol–water partition coefficient (Wildman–Crippen LogP) is 0.901. The Balaban J connectivity index is 0.00000180. The van der Waals surface area contributed by atoms with Crippen LogP contribution in [0.15, 0.2) is 27.6 Å². The van der Waals surface area contributed by atoms with Crippen LogP contribution < -0.4 is 16.2 Å². The van der Waals surface area contributed by atoms with Crippen molar-refractivity contribution >= 4 is 34.2 Å². The fourth-order valence-corrected chi connectivity index (χ4v) is 2.41. The largest absolute Gasteiger partial charge is 0.351 e. The Labute approximate surface area is 126 Å². The summed E-state index contributed by atoms with van der Waals surface area (Å²) in [7, 11) is 0. The number of pyridine rings is 1. The fourth-order valence-electron chi connectivity index (χ4n) is 2.03. The average molecular weight is 351 g/mol. The first-order valence-corrected chi connectivity index (χ1v) is 6.80. The van der Waals surface area contributed by atoms with Gasteiger partial charge in [-0.15, -0.1) is 12.4 Å². The second-order valence-electron chi connectivity index (χ2n) is 4.42. The molecule has 2 rings (SSSR count). The smallest absolute Gasteiger partial charge is 0.251 e. The molecule has 1 saturated heterocycles. The van der Waals surface area contributed by atoms with Gasteiger partial charge >= 0.3 is 0 Å². The summed E-state index contributed by atoms with van der Waals surface area (Å²) < 4.78 is 2.18. The molecule has 2 N–H and O–H groups in total. The maximum absolute atomic E-state index is 11.8. The number of nitrogens with zero attached hydrogens (tertiary/aromatic N) is 1. The highest BCUT2D eigenvalue weighted by Gasteiger charge is 2.15. The second kappa shape index (κ2) is 7.67. The zero-order valence-corrected chi connectivity index (χ0v) is 12.8. The maximum atomic E-state index is 11.8. The highest BCUT2D eigenvalue weighted by atomic mass is 79.9. The Morgan fingerprint density at radius 3 is 3.00 bits per heavy atom. The summed E-state index contributed by atoms with van der Waals surface area (Å²) in [6, 6.07) is 3.29. The summed E-state index contributed by atoms with van der Waals surface area (Å²) in [5, 5.41) is 6.17. The van der Waals surface area contributed by atoms with Crippen molar-refractivity contribution in [2.75, 3.05) is 13.1 Å². The van der Waals surface area contributed by atoms with Gasteiger partial charge in [-0.1, -0.05) is 0 Å². The molecule has 0 spiro atoms. The van der Waals surface area contributed by atoms with Gasteiger partial charge in [0.05, 0.1) is 0 Å². The molecule has 0 unspecified atom stereocenters. The molecular weight excluding hydrogens is 334 g/mol. The number of carbonyl (C=O) groups is 1. The standard InChI is InChI=1S/C12H16BrN3O2.ClH/c13-9-3-4-12(18)16(7-9)8-11(17)15-10-2-1-5-14-6-10;/h3-4,7,10,14H,1-2,5-6,8H2,(H,15,17);1H/t10-;/m0./s1. The molecule has 1 aromatic heterocycles. The monoisotopic (exact) mass is 349 g/mol. The Hall–Kier alpha value is -0.850. The van der Waals surface area contributed by atoms with Crippen LogP contribution in [0.25, 0.3) is 0 Å². The zero-order valence-electron chi connectivity index (χ0n) is 10.4. The van der Waals surface area contributed by atoms with Crippen LogP contribution in [0.5, 0.6) is 0 Å². The van der Waals surface area contributed by atoms with Crippen molar-refractivity contribution in [3.63, 3.8) is 0 Å². The van der Waals surface area contributed by atoms with Gasteiger partial charge in [0.1, 0.15) is 6.54 Å². The van der Waals surface area contributed by atoms with Crippen molar-refractivity contribution < 1.29 is 4.79 Å². The molecule has 0 radical (unpaired) electrons. The van der Waals surface area contributed by atoms with Gasteiger partial charge in [-0.25, -0.2) is 0 Å². The number of piperidine rings is 1. The highest BCUT2D eigenvalue weighted by Crippen LogP contribution is 2.05. The predicted molar refractivity (Wildman–Crippen MR) is 79.7 cm³/mol. The van der Waals surface area contributed by atoms with Crippen molar-refractivity contribution in [1.82, 2.24) is 15.2 Å². The molecule has 5 nitrogen and oxygen atoms in total. The van der Waals surface area contributed by atoms with Crippen LogP contribution in [-0.2, 0) is 11.3 Å². The number of hydrogen-bond donors (Lipinski definition) is 2. The summed E-state index contributed by atoms with van der Waals surface area (Å²) >= 11 is 3.28. The molecule has 106 valence electrons. The lowest BCUT2D eigenvalue weighted by Gasteiger charge is -2.23. The molecule has 1 atom stereocenters. The molecule has 19 heavy (non-hydrogen) atoms. The van der Waals surface area contributed by atoms with Gasteiger partial charge in [0.15, 0.2) is 0 Å². The van der Waals surface area contributed by atoms with Crippen molar-refractivity contribution in [3.8, 4) is 0 Å². The molecule has 0 saturated carbocycles. The lowest BCUT2D eigenvalue weighted by atomic mass is 10.1. The van der Waals surface area contributed by atoms with Crippen molar-refractivity contribution in [2.24, 2.45) is 0 Å². The van der Waals surface area contributed by atoms with E-state index in [1.807, 2.05) is 0 Å². The van der Waals surface area contributed by atoms with E-state index in [-0.39, 0.29) is 36.5 Å². The molecule has 0 aromatic carbocycles. The summed E-state index contributed by atoms with van der Waals surface area (Å²) in [5.41, 5.74) is -0.171. The van der Waals surface area contributed by atoms with E-state index in [2.05, 4.69) is 26.6 Å². The SMILES string of the molecule is Cl.O=C(Cn1cc(Br)ccc1=O)N[C@H]1CCCNC1. The molecule has 0 bridgehead atoms. The Morgan fingerprint density at radius 1 is 1.53 bits per heavy atom. The minimum absolute atomic E-state index is 0. The van der Waals surface area contributed by atoms with E-state index >= 15 is 0 Å². The molecule has 1 aliphatic rings. The molecular formula is C12H17BrClN3O2. The Morgan fingerprint density at radius 2 is 2.32 bits per heavy atom. The van der Waals surface area contributed by atoms with Gasteiger partial charge in [0.2, 0.25) is 5.91 Å². The number of amides is 1. The minimum Gasteiger partial charge on any atom is -0.351 e. The van der Waals surface area contributed by atoms with E-state index in [4.69, 9.17) is 0 Å². The lowest BCUT2D eigenvalue weighted by molar-refractivity contribution is -0.122. The third-order valence-electron chi connectivity index (χ3n) is 2.92. The van der Waals surface area contributed by atoms with Crippen LogP contribution in [0.3, 0.4) is 0 Å². The maximum Gasteiger partial charge on any atom is 0.251 e. The molecule has 7 heteroatoms. The van der Waals surface area contributed by atoms with Crippen molar-refractivity contribution in [3.05, 3.63) is 33.2 Å². The van der Waals surface area contributed by atoms with Crippen LogP contribution in [0.2, 0.25) is 0 Å². The van der Waals surface area contributed by atoms with Gasteiger partial charge < -0.3 is 15.2 Å². The van der Waals surface area contributed by atoms with Crippen LogP contribution in [-0.4, -0.2) is 29.6 Å². The van der Waals surface area contributed by atoms with Crippen molar-refractivity contribution in [1.29, 1.82) is 0 Å². The minimum atomic E-state index is -0.171. The molecule has 2 heterocycles. The van der Waals surface area contributed by atoms with E-state index in [1.54, 1.807) is 12.3 Å². The number of nitrogens with one attached hydrogen (secondary N) is 2. The zero-order chi connectivity index (χ0) is 13.0. The highest BCUT2D eigenvalue weighted by molar-refractivity contribution is 9.10. The lowest BCUT2D eigenvalue weighted by Crippen LogP contribution is -2.47. The number of halogens is 2. The quantitative estimate of drug-likeness (QED) is 0.851. The van der Waals surface area contributed by atoms with Crippen LogP contribution >= 0.6 is 28.3 Å². The van der Waals surface area contributed by atoms with Crippen LogP contribution in [0.4, 0.5) is 0 Å². The summed E-state index contributed by atoms with van der Waals surface area (Å²) in [5.74, 6) is -0.121. The first-order valence-electron chi connectivity index (χ1n) is 6.01. The number of carbonyl (C=O) groups excluding carboxylic acids is 1. The summed E-state index contributed by atoms with van der Waals surface area (Å²) in [6.45, 7) is 1.88. The second-order valence-corrected chi connectivity index (χ2v) is 5.34. The summed E-state index contributed by atoms with van der Waals surface area (Å²) in [4.78, 5) is 23.4. The Kier molecular flexibility index (Phi) is 6.54. The van der Waals surface area contributed by atoms with Gasteiger partial charge in [-0.05, 0) is 41.4 Å². The summed E-state index contributed by atoms with van der Waals surface area (Å²) in [6.07, 6.45) is 3.69. The first kappa shape index (κ1) is 16.2. The third-order valence-corrected chi connectivity index (χ3v) is 3.39. The average Bonchev–Trinajstić information content (AvgIpc) is 2.35. The molecule has 1 aliphatic heterocycles. The van der Waals surface area contributed by atoms with Gasteiger partial charge in [-0.2, -0.15) is 0 Å². The topological polar surface area (TPSA) is 63.1 Å². The molecule has 1 aromatic rings. The third kappa shape index (κ3) is 4.97. The van der Waals surface area contributed by atoms with E-state index < -0.39 is 0 Å². The van der Waals surface area contributed by atoms with Crippen LogP contribution in [0, 0.1) is 0 Å². The van der Waals surface area contributed by atoms with E-state index in [0.717, 1.165) is 30.4 Å². The van der Waals surface area contributed by atoms with E-state index in [0.29, 0.717) is 0 Å². The number of rotatable bonds is 3. The molecule has 1 amide bonds. The van der Waals surface area contributed by atoms with E-state index in [9.17, 15) is 9.59 Å². The first-order chi connectivity index (χ1) is 8.65. The van der Waals surface area contributed by atoms with Crippen molar-refractivity contribution in [2.45, 2.75) is 25.4 Å². The van der Waals surface area contributed by atoms with Gasteiger partial charge in [-0.3, -0.25) is 9.59 Å².